The summed E-state index contributed by atoms with van der Waals surface area (Å²) < 4.78 is 4.96. The molecule has 0 aliphatic carbocycles. The molecule has 0 saturated carbocycles. The zero-order valence-electron chi connectivity index (χ0n) is 7.48. The van der Waals surface area contributed by atoms with Crippen LogP contribution in [0.5, 0.6) is 0 Å². The fraction of sp³-hybridized carbons (Fsp3) is 1.00. The van der Waals surface area contributed by atoms with Crippen molar-refractivity contribution in [3.05, 3.63) is 0 Å². The summed E-state index contributed by atoms with van der Waals surface area (Å²) in [5, 5.41) is 0. The van der Waals surface area contributed by atoms with Crippen LogP contribution >= 0.6 is 11.6 Å². The van der Waals surface area contributed by atoms with Crippen LogP contribution in [0.4, 0.5) is 0 Å². The zero-order valence-corrected chi connectivity index (χ0v) is 8.23. The fourth-order valence-corrected chi connectivity index (χ4v) is 1.22. The molecule has 0 heterocycles. The number of alkyl halides is 1. The third-order valence-corrected chi connectivity index (χ3v) is 1.84. The molecule has 0 atom stereocenters. The van der Waals surface area contributed by atoms with Gasteiger partial charge in [0.05, 0.1) is 0 Å². The van der Waals surface area contributed by atoms with Gasteiger partial charge in [0.2, 0.25) is 0 Å². The van der Waals surface area contributed by atoms with E-state index in [1.54, 1.807) is 7.11 Å². The molecule has 0 aliphatic rings. The number of hydrogen-bond donors (Lipinski definition) is 0. The summed E-state index contributed by atoms with van der Waals surface area (Å²) >= 11 is 5.61. The predicted octanol–water partition coefficient (Wildman–Crippen LogP) is 1.58. The maximum Gasteiger partial charge on any atom is 0.0474 e. The topological polar surface area (TPSA) is 12.5 Å². The summed E-state index contributed by atoms with van der Waals surface area (Å²) in [5.41, 5.74) is 0. The van der Waals surface area contributed by atoms with Crippen molar-refractivity contribution < 1.29 is 4.74 Å². The van der Waals surface area contributed by atoms with Crippen molar-refractivity contribution in [1.82, 2.24) is 4.90 Å². The minimum atomic E-state index is 0.723. The van der Waals surface area contributed by atoms with E-state index in [9.17, 15) is 0 Å². The minimum absolute atomic E-state index is 0.723. The number of hydrogen-bond acceptors (Lipinski definition) is 2. The molecular formula is C8H18ClNO. The number of halogens is 1. The number of rotatable bonds is 7. The number of nitrogens with zero attached hydrogens (tertiary/aromatic N) is 1. The lowest BCUT2D eigenvalue weighted by Gasteiger charge is -2.18. The molecule has 0 radical (unpaired) electrons. The molecule has 0 unspecified atom stereocenters. The SMILES string of the molecule is CCN(CCCl)CCCOC. The van der Waals surface area contributed by atoms with Crippen LogP contribution < -0.4 is 0 Å². The van der Waals surface area contributed by atoms with Gasteiger partial charge in [-0.25, -0.2) is 0 Å². The Balaban J connectivity index is 3.20. The highest BCUT2D eigenvalue weighted by Crippen LogP contribution is 1.92. The van der Waals surface area contributed by atoms with Crippen molar-refractivity contribution in [2.75, 3.05) is 39.2 Å². The van der Waals surface area contributed by atoms with Crippen LogP contribution in [0.2, 0.25) is 0 Å². The van der Waals surface area contributed by atoms with Crippen LogP contribution in [-0.4, -0.2) is 44.1 Å². The first-order chi connectivity index (χ1) is 5.35. The van der Waals surface area contributed by atoms with Crippen LogP contribution in [0, 0.1) is 0 Å². The molecule has 0 bridgehead atoms. The van der Waals surface area contributed by atoms with Crippen LogP contribution in [0.25, 0.3) is 0 Å². The van der Waals surface area contributed by atoms with Crippen molar-refractivity contribution in [2.24, 2.45) is 0 Å². The van der Waals surface area contributed by atoms with Gasteiger partial charge in [-0.2, -0.15) is 0 Å². The van der Waals surface area contributed by atoms with Gasteiger partial charge in [0.25, 0.3) is 0 Å². The first-order valence-corrected chi connectivity index (χ1v) is 4.65. The van der Waals surface area contributed by atoms with Crippen molar-refractivity contribution in [3.63, 3.8) is 0 Å². The van der Waals surface area contributed by atoms with E-state index in [2.05, 4.69) is 11.8 Å². The monoisotopic (exact) mass is 179 g/mol. The second kappa shape index (κ2) is 8.31. The van der Waals surface area contributed by atoms with Gasteiger partial charge in [0.15, 0.2) is 0 Å². The first-order valence-electron chi connectivity index (χ1n) is 4.12. The van der Waals surface area contributed by atoms with Crippen molar-refractivity contribution in [2.45, 2.75) is 13.3 Å². The molecule has 0 amide bonds. The molecule has 11 heavy (non-hydrogen) atoms. The van der Waals surface area contributed by atoms with E-state index >= 15 is 0 Å². The van der Waals surface area contributed by atoms with Crippen LogP contribution in [0.15, 0.2) is 0 Å². The van der Waals surface area contributed by atoms with E-state index in [-0.39, 0.29) is 0 Å². The molecule has 0 spiro atoms. The summed E-state index contributed by atoms with van der Waals surface area (Å²) in [4.78, 5) is 2.33. The van der Waals surface area contributed by atoms with Gasteiger partial charge < -0.3 is 9.64 Å². The van der Waals surface area contributed by atoms with Crippen LogP contribution in [0.1, 0.15) is 13.3 Å². The first kappa shape index (κ1) is 11.2. The molecule has 0 aromatic rings. The van der Waals surface area contributed by atoms with Crippen molar-refractivity contribution in [3.8, 4) is 0 Å². The van der Waals surface area contributed by atoms with Gasteiger partial charge in [-0.05, 0) is 13.0 Å². The smallest absolute Gasteiger partial charge is 0.0474 e. The predicted molar refractivity (Wildman–Crippen MR) is 49.3 cm³/mol. The third kappa shape index (κ3) is 6.60. The van der Waals surface area contributed by atoms with Crippen LogP contribution in [0.3, 0.4) is 0 Å². The lowest BCUT2D eigenvalue weighted by molar-refractivity contribution is 0.176. The lowest BCUT2D eigenvalue weighted by atomic mass is 10.4. The molecule has 0 N–H and O–H groups in total. The summed E-state index contributed by atoms with van der Waals surface area (Å²) in [6.45, 7) is 6.16. The molecule has 68 valence electrons. The quantitative estimate of drug-likeness (QED) is 0.435. The molecule has 0 fully saturated rings. The van der Waals surface area contributed by atoms with Gasteiger partial charge in [-0.3, -0.25) is 0 Å². The summed E-state index contributed by atoms with van der Waals surface area (Å²) in [7, 11) is 1.73. The van der Waals surface area contributed by atoms with E-state index in [0.717, 1.165) is 38.5 Å². The lowest BCUT2D eigenvalue weighted by Crippen LogP contribution is -2.27. The Hall–Kier alpha value is 0.210. The van der Waals surface area contributed by atoms with Gasteiger partial charge in [0, 0.05) is 32.7 Å². The van der Waals surface area contributed by atoms with Gasteiger partial charge in [-0.15, -0.1) is 11.6 Å². The summed E-state index contributed by atoms with van der Waals surface area (Å²) in [6.07, 6.45) is 1.10. The maximum atomic E-state index is 5.61. The molecule has 0 aromatic heterocycles. The Morgan fingerprint density at radius 1 is 1.36 bits per heavy atom. The zero-order chi connectivity index (χ0) is 8.53. The van der Waals surface area contributed by atoms with Crippen molar-refractivity contribution in [1.29, 1.82) is 0 Å². The molecule has 0 aromatic carbocycles. The molecule has 3 heteroatoms. The molecule has 0 aliphatic heterocycles. The number of methoxy groups -OCH3 is 1. The highest BCUT2D eigenvalue weighted by atomic mass is 35.5. The normalized spacial score (nSPS) is 10.9. The maximum absolute atomic E-state index is 5.61. The van der Waals surface area contributed by atoms with Gasteiger partial charge in [0.1, 0.15) is 0 Å². The molecule has 0 saturated heterocycles. The average molecular weight is 180 g/mol. The average Bonchev–Trinajstić information content (AvgIpc) is 2.03. The van der Waals surface area contributed by atoms with E-state index < -0.39 is 0 Å². The van der Waals surface area contributed by atoms with Gasteiger partial charge >= 0.3 is 0 Å². The third-order valence-electron chi connectivity index (χ3n) is 1.67. The van der Waals surface area contributed by atoms with Gasteiger partial charge in [-0.1, -0.05) is 6.92 Å². The molecule has 2 nitrogen and oxygen atoms in total. The second-order valence-electron chi connectivity index (χ2n) is 2.47. The summed E-state index contributed by atoms with van der Waals surface area (Å²) in [5.74, 6) is 0.723. The van der Waals surface area contributed by atoms with Crippen molar-refractivity contribution >= 4 is 11.6 Å². The molecule has 0 rings (SSSR count). The number of ether oxygens (including phenoxy) is 1. The van der Waals surface area contributed by atoms with E-state index in [1.807, 2.05) is 0 Å². The fourth-order valence-electron chi connectivity index (χ4n) is 0.980. The highest BCUT2D eigenvalue weighted by Gasteiger charge is 1.99. The Kier molecular flexibility index (Phi) is 8.47. The summed E-state index contributed by atoms with van der Waals surface area (Å²) in [6, 6.07) is 0. The largest absolute Gasteiger partial charge is 0.385 e. The highest BCUT2D eigenvalue weighted by molar-refractivity contribution is 6.18. The Morgan fingerprint density at radius 2 is 2.09 bits per heavy atom. The second-order valence-corrected chi connectivity index (χ2v) is 2.85. The molecular weight excluding hydrogens is 162 g/mol. The van der Waals surface area contributed by atoms with E-state index in [4.69, 9.17) is 16.3 Å². The van der Waals surface area contributed by atoms with E-state index in [1.165, 1.54) is 0 Å². The minimum Gasteiger partial charge on any atom is -0.385 e. The Labute approximate surface area is 74.5 Å². The standard InChI is InChI=1S/C8H18ClNO/c1-3-10(7-5-9)6-4-8-11-2/h3-8H2,1-2H3. The van der Waals surface area contributed by atoms with Crippen LogP contribution in [-0.2, 0) is 4.74 Å². The van der Waals surface area contributed by atoms with E-state index in [0.29, 0.717) is 0 Å². The Bertz CT molecular complexity index is 80.5. The Morgan fingerprint density at radius 3 is 2.55 bits per heavy atom.